The van der Waals surface area contributed by atoms with Crippen LogP contribution in [0.1, 0.15) is 19.4 Å². The van der Waals surface area contributed by atoms with Gasteiger partial charge in [-0.2, -0.15) is 0 Å². The van der Waals surface area contributed by atoms with E-state index in [4.69, 9.17) is 5.11 Å². The van der Waals surface area contributed by atoms with Gasteiger partial charge < -0.3 is 5.11 Å². The van der Waals surface area contributed by atoms with Crippen LogP contribution in [0.3, 0.4) is 0 Å². The fourth-order valence-corrected chi connectivity index (χ4v) is 1.28. The van der Waals surface area contributed by atoms with Crippen LogP contribution in [0.4, 0.5) is 22.0 Å². The molecule has 1 aromatic carbocycles. The minimum absolute atomic E-state index is 0.745. The molecule has 1 N–H and O–H groups in total. The summed E-state index contributed by atoms with van der Waals surface area (Å²) >= 11 is 0. The molecule has 0 bridgehead atoms. The predicted octanol–water partition coefficient (Wildman–Crippen LogP) is 2.65. The molecule has 1 rings (SSSR count). The number of hydrogen-bond donors (Lipinski definition) is 1. The molecule has 0 unspecified atom stereocenters. The van der Waals surface area contributed by atoms with Gasteiger partial charge in [0, 0.05) is 11.0 Å². The summed E-state index contributed by atoms with van der Waals surface area (Å²) in [7, 11) is 0. The van der Waals surface area contributed by atoms with Crippen molar-refractivity contribution >= 4 is 0 Å². The van der Waals surface area contributed by atoms with Crippen LogP contribution in [0.25, 0.3) is 0 Å². The highest BCUT2D eigenvalue weighted by atomic mass is 19.2. The average molecular weight is 240 g/mol. The lowest BCUT2D eigenvalue weighted by Crippen LogP contribution is -2.27. The van der Waals surface area contributed by atoms with E-state index < -0.39 is 46.7 Å². The van der Waals surface area contributed by atoms with Crippen molar-refractivity contribution in [3.63, 3.8) is 0 Å². The van der Waals surface area contributed by atoms with Gasteiger partial charge in [0.2, 0.25) is 5.82 Å². The van der Waals surface area contributed by atoms with Gasteiger partial charge in [0.1, 0.15) is 0 Å². The zero-order valence-electron chi connectivity index (χ0n) is 8.54. The Morgan fingerprint density at radius 1 is 0.812 bits per heavy atom. The molecule has 0 amide bonds. The smallest absolute Gasteiger partial charge is 0.200 e. The van der Waals surface area contributed by atoms with E-state index in [1.165, 1.54) is 13.8 Å². The zero-order chi connectivity index (χ0) is 12.7. The van der Waals surface area contributed by atoms with Crippen LogP contribution in [0.2, 0.25) is 0 Å². The summed E-state index contributed by atoms with van der Waals surface area (Å²) in [4.78, 5) is 0. The van der Waals surface area contributed by atoms with Crippen molar-refractivity contribution in [2.75, 3.05) is 6.61 Å². The lowest BCUT2D eigenvalue weighted by Gasteiger charge is -2.23. The van der Waals surface area contributed by atoms with Crippen molar-refractivity contribution in [1.29, 1.82) is 0 Å². The van der Waals surface area contributed by atoms with Crippen LogP contribution in [-0.2, 0) is 5.41 Å². The Hall–Kier alpha value is -1.17. The highest BCUT2D eigenvalue weighted by Crippen LogP contribution is 2.32. The van der Waals surface area contributed by atoms with Crippen molar-refractivity contribution in [1.82, 2.24) is 0 Å². The van der Waals surface area contributed by atoms with E-state index in [-0.39, 0.29) is 0 Å². The molecule has 0 fully saturated rings. The SMILES string of the molecule is CC(C)(CO)c1c(F)c(F)c(F)c(F)c1F. The van der Waals surface area contributed by atoms with Crippen LogP contribution in [0.15, 0.2) is 0 Å². The predicted molar refractivity (Wildman–Crippen MR) is 46.3 cm³/mol. The number of aliphatic hydroxyl groups excluding tert-OH is 1. The van der Waals surface area contributed by atoms with Gasteiger partial charge in [-0.05, 0) is 0 Å². The highest BCUT2D eigenvalue weighted by Gasteiger charge is 2.34. The minimum atomic E-state index is -2.20. The minimum Gasteiger partial charge on any atom is -0.395 e. The summed E-state index contributed by atoms with van der Waals surface area (Å²) in [5.41, 5.74) is -2.56. The van der Waals surface area contributed by atoms with Gasteiger partial charge in [0.15, 0.2) is 23.3 Å². The van der Waals surface area contributed by atoms with Crippen LogP contribution < -0.4 is 0 Å². The van der Waals surface area contributed by atoms with E-state index in [2.05, 4.69) is 0 Å². The molecule has 0 radical (unpaired) electrons. The van der Waals surface area contributed by atoms with Crippen molar-refractivity contribution in [3.8, 4) is 0 Å². The molecule has 0 aliphatic rings. The van der Waals surface area contributed by atoms with Crippen molar-refractivity contribution in [2.24, 2.45) is 0 Å². The Labute approximate surface area is 88.5 Å². The van der Waals surface area contributed by atoms with E-state index >= 15 is 0 Å². The molecule has 6 heteroatoms. The second-order valence-electron chi connectivity index (χ2n) is 3.99. The van der Waals surface area contributed by atoms with Gasteiger partial charge in [0.05, 0.1) is 6.61 Å². The molecule has 0 aliphatic carbocycles. The average Bonchev–Trinajstić information content (AvgIpc) is 2.23. The van der Waals surface area contributed by atoms with E-state index in [0.29, 0.717) is 0 Å². The van der Waals surface area contributed by atoms with Crippen LogP contribution in [0, 0.1) is 29.1 Å². The van der Waals surface area contributed by atoms with Gasteiger partial charge in [0.25, 0.3) is 0 Å². The van der Waals surface area contributed by atoms with E-state index in [9.17, 15) is 22.0 Å². The maximum atomic E-state index is 13.3. The van der Waals surface area contributed by atoms with E-state index in [1.54, 1.807) is 0 Å². The monoisotopic (exact) mass is 240 g/mol. The first kappa shape index (κ1) is 12.9. The lowest BCUT2D eigenvalue weighted by atomic mass is 9.84. The molecule has 16 heavy (non-hydrogen) atoms. The molecular weight excluding hydrogens is 231 g/mol. The van der Waals surface area contributed by atoms with Gasteiger partial charge in [-0.3, -0.25) is 0 Å². The third-order valence-electron chi connectivity index (χ3n) is 2.28. The zero-order valence-corrected chi connectivity index (χ0v) is 8.54. The summed E-state index contributed by atoms with van der Waals surface area (Å²) in [6, 6.07) is 0. The normalized spacial score (nSPS) is 12.0. The summed E-state index contributed by atoms with van der Waals surface area (Å²) in [5.74, 6) is -10.0. The fourth-order valence-electron chi connectivity index (χ4n) is 1.28. The second-order valence-corrected chi connectivity index (χ2v) is 3.99. The van der Waals surface area contributed by atoms with Crippen molar-refractivity contribution < 1.29 is 27.1 Å². The Bertz CT molecular complexity index is 399. The molecular formula is C10H9F5O. The number of aliphatic hydroxyl groups is 1. The van der Waals surface area contributed by atoms with Gasteiger partial charge in [-0.15, -0.1) is 0 Å². The molecule has 0 saturated heterocycles. The van der Waals surface area contributed by atoms with E-state index in [1.807, 2.05) is 0 Å². The quantitative estimate of drug-likeness (QED) is 0.478. The summed E-state index contributed by atoms with van der Waals surface area (Å²) in [6.07, 6.45) is 0. The van der Waals surface area contributed by atoms with Gasteiger partial charge >= 0.3 is 0 Å². The maximum Gasteiger partial charge on any atom is 0.200 e. The molecule has 0 spiro atoms. The first-order chi connectivity index (χ1) is 7.24. The number of hydrogen-bond acceptors (Lipinski definition) is 1. The Balaban J connectivity index is 3.65. The van der Waals surface area contributed by atoms with Gasteiger partial charge in [-0.25, -0.2) is 22.0 Å². The standard InChI is InChI=1S/C10H9F5O/c1-10(2,3-16)4-5(11)7(13)9(15)8(14)6(4)12/h16H,3H2,1-2H3. The topological polar surface area (TPSA) is 20.2 Å². The van der Waals surface area contributed by atoms with Crippen LogP contribution >= 0.6 is 0 Å². The molecule has 1 nitrogen and oxygen atoms in total. The molecule has 0 aliphatic heterocycles. The third-order valence-corrected chi connectivity index (χ3v) is 2.28. The van der Waals surface area contributed by atoms with Crippen LogP contribution in [0.5, 0.6) is 0 Å². The van der Waals surface area contributed by atoms with Crippen molar-refractivity contribution in [2.45, 2.75) is 19.3 Å². The first-order valence-electron chi connectivity index (χ1n) is 4.36. The van der Waals surface area contributed by atoms with Crippen LogP contribution in [-0.4, -0.2) is 11.7 Å². The molecule has 0 aromatic heterocycles. The Morgan fingerprint density at radius 2 is 1.12 bits per heavy atom. The van der Waals surface area contributed by atoms with Crippen molar-refractivity contribution in [3.05, 3.63) is 34.6 Å². The first-order valence-corrected chi connectivity index (χ1v) is 4.36. The molecule has 0 atom stereocenters. The summed E-state index contributed by atoms with van der Waals surface area (Å²) in [6.45, 7) is 1.60. The number of rotatable bonds is 2. The Morgan fingerprint density at radius 3 is 1.44 bits per heavy atom. The second kappa shape index (κ2) is 4.01. The Kier molecular flexibility index (Phi) is 3.23. The molecule has 1 aromatic rings. The number of halogens is 5. The molecule has 0 heterocycles. The maximum absolute atomic E-state index is 13.3. The highest BCUT2D eigenvalue weighted by molar-refractivity contribution is 5.30. The third kappa shape index (κ3) is 1.77. The largest absolute Gasteiger partial charge is 0.395 e. The van der Waals surface area contributed by atoms with Gasteiger partial charge in [-0.1, -0.05) is 13.8 Å². The molecule has 0 saturated carbocycles. The number of benzene rings is 1. The molecule has 90 valence electrons. The summed E-state index contributed by atoms with van der Waals surface area (Å²) in [5, 5.41) is 8.88. The van der Waals surface area contributed by atoms with E-state index in [0.717, 1.165) is 0 Å². The summed E-state index contributed by atoms with van der Waals surface area (Å²) < 4.78 is 64.9. The lowest BCUT2D eigenvalue weighted by molar-refractivity contribution is 0.206. The fraction of sp³-hybridized carbons (Fsp3) is 0.400.